The topological polar surface area (TPSA) is 266 Å². The van der Waals surface area contributed by atoms with Gasteiger partial charge in [-0.1, -0.05) is 41.6 Å². The van der Waals surface area contributed by atoms with Crippen molar-refractivity contribution in [2.24, 2.45) is 0 Å². The van der Waals surface area contributed by atoms with E-state index in [4.69, 9.17) is 13.4 Å². The zero-order valence-electron chi connectivity index (χ0n) is 45.2. The number of carbonyl (C=O) groups is 6. The van der Waals surface area contributed by atoms with Crippen LogP contribution in [0.4, 0.5) is 20.5 Å². The van der Waals surface area contributed by atoms with Gasteiger partial charge in [-0.3, -0.25) is 34.1 Å². The van der Waals surface area contributed by atoms with Crippen LogP contribution in [0.1, 0.15) is 74.9 Å². The van der Waals surface area contributed by atoms with Crippen LogP contribution >= 0.6 is 0 Å². The number of anilines is 2. The molecular formula is C61H52F2N10O9. The van der Waals surface area contributed by atoms with Crippen molar-refractivity contribution in [2.75, 3.05) is 24.7 Å². The van der Waals surface area contributed by atoms with E-state index in [1.165, 1.54) is 50.8 Å². The molecule has 19 nitrogen and oxygen atoms in total. The molecule has 10 rings (SSSR count). The summed E-state index contributed by atoms with van der Waals surface area (Å²) in [5.74, 6) is -1.92. The van der Waals surface area contributed by atoms with E-state index < -0.39 is 46.3 Å². The molecule has 0 radical (unpaired) electrons. The Morgan fingerprint density at radius 2 is 0.939 bits per heavy atom. The number of furan rings is 2. The van der Waals surface area contributed by atoms with Gasteiger partial charge in [-0.2, -0.15) is 5.10 Å². The van der Waals surface area contributed by atoms with Crippen molar-refractivity contribution in [3.05, 3.63) is 192 Å². The van der Waals surface area contributed by atoms with Crippen molar-refractivity contribution in [1.29, 1.82) is 0 Å². The summed E-state index contributed by atoms with van der Waals surface area (Å²) < 4.78 is 44.1. The highest BCUT2D eigenvalue weighted by molar-refractivity contribution is 6.13. The first kappa shape index (κ1) is 56.0. The summed E-state index contributed by atoms with van der Waals surface area (Å²) in [5.41, 5.74) is 3.72. The molecule has 82 heavy (non-hydrogen) atoms. The molecule has 6 aromatic carbocycles. The summed E-state index contributed by atoms with van der Waals surface area (Å²) in [5, 5.41) is 28.2. The highest BCUT2D eigenvalue weighted by Gasteiger charge is 2.33. The smallest absolute Gasteiger partial charge is 0.255 e. The van der Waals surface area contributed by atoms with E-state index in [0.29, 0.717) is 83.7 Å². The van der Waals surface area contributed by atoms with E-state index in [2.05, 4.69) is 52.2 Å². The Morgan fingerprint density at radius 1 is 0.500 bits per heavy atom. The van der Waals surface area contributed by atoms with Gasteiger partial charge >= 0.3 is 0 Å². The molecule has 0 saturated heterocycles. The number of fused-ring (bicyclic) bond motifs is 2. The number of halogens is 2. The van der Waals surface area contributed by atoms with Crippen LogP contribution in [0.15, 0.2) is 165 Å². The average molecular weight is 1110 g/mol. The SMILES string of the molecule is CNC(=O)c1c(-c2ccc(F)cc2)oc2ccc(-c3cccc(C(=O)NC(C)(C)C(=O)Nc4cc(C)on4)c3)cc12.CNC(=O)c1c(-c2ccc(F)cc2)oc2ccc(-c3cccc(C(=O)NC(C)(C)C(=O)Nc4nccnn4)c3)cc12. The lowest BCUT2D eigenvalue weighted by Crippen LogP contribution is -2.52. The number of nitrogens with one attached hydrogen (secondary N) is 6. The standard InChI is InChI=1S/C31H27FN4O5.C30H25FN6O4/c1-17-14-25(36-41-17)34-30(39)31(2,3)35-28(37)21-7-5-6-19(15-21)20-10-13-24-23(16-20)26(29(38)33-4)27(40-24)18-8-11-22(32)12-9-18;1-30(2,28(40)35-29-33-13-14-34-37-29)36-26(38)20-6-4-5-18(15-20)19-9-12-23-22(16-19)24(27(39)32-3)25(41-23)17-7-10-21(31)11-8-17/h5-16H,1-4H3,(H,33,38)(H,35,37)(H,34,36,39);4-16H,1-3H3,(H,32,39)(H,36,38)(H,33,35,37,40). The Balaban J connectivity index is 0.000000198. The Kier molecular flexibility index (Phi) is 15.9. The van der Waals surface area contributed by atoms with Gasteiger partial charge in [-0.15, -0.1) is 5.10 Å². The van der Waals surface area contributed by atoms with Crippen molar-refractivity contribution in [2.45, 2.75) is 45.7 Å². The van der Waals surface area contributed by atoms with Crippen LogP contribution in [-0.4, -0.2) is 81.0 Å². The molecule has 21 heteroatoms. The fourth-order valence-corrected chi connectivity index (χ4v) is 8.63. The molecule has 0 saturated carbocycles. The molecule has 0 bridgehead atoms. The molecule has 414 valence electrons. The van der Waals surface area contributed by atoms with Gasteiger partial charge in [-0.25, -0.2) is 13.8 Å². The number of carbonyl (C=O) groups excluding carboxylic acids is 6. The molecule has 4 aromatic heterocycles. The van der Waals surface area contributed by atoms with Gasteiger partial charge in [0, 0.05) is 53.2 Å². The quantitative estimate of drug-likeness (QED) is 0.0592. The third-order valence-electron chi connectivity index (χ3n) is 13.0. The first-order valence-corrected chi connectivity index (χ1v) is 25.4. The zero-order valence-corrected chi connectivity index (χ0v) is 45.2. The maximum atomic E-state index is 13.5. The molecule has 4 heterocycles. The molecular weight excluding hydrogens is 1050 g/mol. The number of rotatable bonds is 14. The van der Waals surface area contributed by atoms with Gasteiger partial charge in [0.1, 0.15) is 51.2 Å². The summed E-state index contributed by atoms with van der Waals surface area (Å²) >= 11 is 0. The maximum Gasteiger partial charge on any atom is 0.255 e. The summed E-state index contributed by atoms with van der Waals surface area (Å²) in [4.78, 5) is 81.6. The number of nitrogens with zero attached hydrogens (tertiary/aromatic N) is 4. The first-order chi connectivity index (χ1) is 39.2. The van der Waals surface area contributed by atoms with Gasteiger partial charge in [0.25, 0.3) is 35.4 Å². The van der Waals surface area contributed by atoms with Gasteiger partial charge in [0.2, 0.25) is 5.95 Å². The number of hydrogen-bond acceptors (Lipinski definition) is 13. The second-order valence-electron chi connectivity index (χ2n) is 19.7. The second kappa shape index (κ2) is 23.3. The molecule has 0 aliphatic heterocycles. The number of amides is 6. The molecule has 6 N–H and O–H groups in total. The van der Waals surface area contributed by atoms with Crippen molar-refractivity contribution in [3.8, 4) is 44.9 Å². The monoisotopic (exact) mass is 1110 g/mol. The highest BCUT2D eigenvalue weighted by Crippen LogP contribution is 2.38. The third-order valence-corrected chi connectivity index (χ3v) is 13.0. The molecule has 0 aliphatic carbocycles. The lowest BCUT2D eigenvalue weighted by Gasteiger charge is -2.24. The van der Waals surface area contributed by atoms with Crippen molar-refractivity contribution in [1.82, 2.24) is 41.6 Å². The summed E-state index contributed by atoms with van der Waals surface area (Å²) in [7, 11) is 3.04. The Hall–Kier alpha value is -10.7. The van der Waals surface area contributed by atoms with Crippen LogP contribution in [-0.2, 0) is 9.59 Å². The lowest BCUT2D eigenvalue weighted by molar-refractivity contribution is -0.121. The number of benzene rings is 6. The molecule has 0 unspecified atom stereocenters. The number of hydrogen-bond donors (Lipinski definition) is 6. The predicted octanol–water partition coefficient (Wildman–Crippen LogP) is 10.3. The van der Waals surface area contributed by atoms with E-state index in [-0.39, 0.29) is 23.6 Å². The van der Waals surface area contributed by atoms with Crippen LogP contribution in [0.3, 0.4) is 0 Å². The fraction of sp³-hybridized carbons (Fsp3) is 0.148. The third kappa shape index (κ3) is 12.3. The van der Waals surface area contributed by atoms with Crippen molar-refractivity contribution < 1.29 is 50.9 Å². The Morgan fingerprint density at radius 3 is 1.35 bits per heavy atom. The average Bonchev–Trinajstić information content (AvgIpc) is 4.06. The van der Waals surface area contributed by atoms with Crippen LogP contribution in [0.25, 0.3) is 66.8 Å². The lowest BCUT2D eigenvalue weighted by atomic mass is 9.98. The minimum atomic E-state index is -1.29. The van der Waals surface area contributed by atoms with E-state index in [1.54, 1.807) is 120 Å². The van der Waals surface area contributed by atoms with Gasteiger partial charge in [0.15, 0.2) is 5.82 Å². The Labute approximate surface area is 466 Å². The number of aryl methyl sites for hydroxylation is 1. The molecule has 6 amide bonds. The van der Waals surface area contributed by atoms with Crippen LogP contribution in [0.2, 0.25) is 0 Å². The fourth-order valence-electron chi connectivity index (χ4n) is 8.63. The normalized spacial score (nSPS) is 11.3. The van der Waals surface area contributed by atoms with Gasteiger partial charge < -0.3 is 39.9 Å². The summed E-state index contributed by atoms with van der Waals surface area (Å²) in [6.07, 6.45) is 2.77. The molecule has 0 spiro atoms. The summed E-state index contributed by atoms with van der Waals surface area (Å²) in [6.45, 7) is 8.00. The van der Waals surface area contributed by atoms with Crippen molar-refractivity contribution in [3.63, 3.8) is 0 Å². The molecule has 0 fully saturated rings. The summed E-state index contributed by atoms with van der Waals surface area (Å²) in [6, 6.07) is 37.5. The van der Waals surface area contributed by atoms with Crippen LogP contribution < -0.4 is 31.9 Å². The van der Waals surface area contributed by atoms with Gasteiger partial charge in [-0.05, 0) is 154 Å². The molecule has 0 aliphatic rings. The zero-order chi connectivity index (χ0) is 58.5. The van der Waals surface area contributed by atoms with Crippen molar-refractivity contribution >= 4 is 69.1 Å². The van der Waals surface area contributed by atoms with E-state index in [0.717, 1.165) is 11.1 Å². The Bertz CT molecular complexity index is 4080. The largest absolute Gasteiger partial charge is 0.455 e. The second-order valence-corrected chi connectivity index (χ2v) is 19.7. The van der Waals surface area contributed by atoms with E-state index in [1.807, 2.05) is 30.3 Å². The molecule has 10 aromatic rings. The van der Waals surface area contributed by atoms with E-state index >= 15 is 0 Å². The number of aromatic nitrogens is 4. The first-order valence-electron chi connectivity index (χ1n) is 25.4. The minimum absolute atomic E-state index is 0.0233. The predicted molar refractivity (Wildman–Crippen MR) is 302 cm³/mol. The van der Waals surface area contributed by atoms with E-state index in [9.17, 15) is 37.5 Å². The minimum Gasteiger partial charge on any atom is -0.455 e. The highest BCUT2D eigenvalue weighted by atomic mass is 19.1. The maximum absolute atomic E-state index is 13.5. The van der Waals surface area contributed by atoms with Crippen LogP contribution in [0, 0.1) is 18.6 Å². The molecule has 0 atom stereocenters. The van der Waals surface area contributed by atoms with Gasteiger partial charge in [0.05, 0.1) is 23.5 Å². The van der Waals surface area contributed by atoms with Crippen LogP contribution in [0.5, 0.6) is 0 Å².